The molecule has 0 amide bonds. The Morgan fingerprint density at radius 3 is 2.13 bits per heavy atom. The van der Waals surface area contributed by atoms with Crippen molar-refractivity contribution in [2.24, 2.45) is 0 Å². The summed E-state index contributed by atoms with van der Waals surface area (Å²) in [5, 5.41) is 0.692. The molecule has 1 heterocycles. The molecule has 0 aromatic heterocycles. The van der Waals surface area contributed by atoms with Gasteiger partial charge in [0, 0.05) is 10.4 Å². The van der Waals surface area contributed by atoms with Crippen molar-refractivity contribution < 1.29 is 8.42 Å². The molecule has 3 aromatic carbocycles. The summed E-state index contributed by atoms with van der Waals surface area (Å²) in [5.41, 5.74) is 2.76. The van der Waals surface area contributed by atoms with Crippen LogP contribution in [0.5, 0.6) is 0 Å². The lowest BCUT2D eigenvalue weighted by molar-refractivity contribution is 0.351. The first-order valence-electron chi connectivity index (χ1n) is 10.1. The second-order valence-corrected chi connectivity index (χ2v) is 11.1. The fourth-order valence-electron chi connectivity index (χ4n) is 4.93. The van der Waals surface area contributed by atoms with Crippen LogP contribution in [0.4, 0.5) is 5.69 Å². The molecule has 4 rings (SSSR count). The Hall–Kier alpha value is -2.30. The van der Waals surface area contributed by atoms with E-state index in [-0.39, 0.29) is 11.2 Å². The van der Waals surface area contributed by atoms with Gasteiger partial charge in [-0.15, -0.1) is 0 Å². The van der Waals surface area contributed by atoms with Crippen LogP contribution in [-0.4, -0.2) is 14.0 Å². The smallest absolute Gasteiger partial charge is 0.239 e. The average molecular weight is 440 g/mol. The van der Waals surface area contributed by atoms with E-state index in [2.05, 4.69) is 6.92 Å². The van der Waals surface area contributed by atoms with Crippen LogP contribution in [0.1, 0.15) is 43.9 Å². The van der Waals surface area contributed by atoms with E-state index in [1.165, 1.54) is 0 Å². The molecule has 1 atom stereocenters. The Bertz CT molecular complexity index is 1160. The summed E-state index contributed by atoms with van der Waals surface area (Å²) in [6.45, 7) is 6.22. The topological polar surface area (TPSA) is 37.4 Å². The number of benzene rings is 3. The second-order valence-electron chi connectivity index (χ2n) is 8.85. The highest BCUT2D eigenvalue weighted by Crippen LogP contribution is 2.51. The zero-order valence-corrected chi connectivity index (χ0v) is 19.0. The molecule has 0 bridgehead atoms. The van der Waals surface area contributed by atoms with Gasteiger partial charge in [-0.3, -0.25) is 4.31 Å². The summed E-state index contributed by atoms with van der Waals surface area (Å²) in [7, 11) is -3.58. The van der Waals surface area contributed by atoms with Gasteiger partial charge in [0.2, 0.25) is 10.0 Å². The van der Waals surface area contributed by atoms with Gasteiger partial charge in [0.05, 0.1) is 17.0 Å². The van der Waals surface area contributed by atoms with E-state index in [9.17, 15) is 8.42 Å². The molecule has 5 heteroatoms. The molecule has 0 saturated heterocycles. The number of anilines is 1. The molecule has 0 unspecified atom stereocenters. The Morgan fingerprint density at radius 1 is 0.867 bits per heavy atom. The van der Waals surface area contributed by atoms with Crippen molar-refractivity contribution in [1.82, 2.24) is 0 Å². The quantitative estimate of drug-likeness (QED) is 0.487. The number of sulfonamides is 1. The van der Waals surface area contributed by atoms with E-state index >= 15 is 0 Å². The van der Waals surface area contributed by atoms with Crippen LogP contribution in [0, 0.1) is 0 Å². The van der Waals surface area contributed by atoms with E-state index in [0.717, 1.165) is 22.4 Å². The standard InChI is InChI=1S/C25H26ClNO2S/c1-24(2)18-25(3,20-13-15-21(26)16-14-20)22-11-7-8-12-23(22)27(24)30(28,29)17-19-9-5-4-6-10-19/h4-16H,17-18H2,1-3H3/t25-/m1/s1. The predicted molar refractivity (Wildman–Crippen MR) is 125 cm³/mol. The van der Waals surface area contributed by atoms with Crippen LogP contribution < -0.4 is 4.31 Å². The van der Waals surface area contributed by atoms with Crippen molar-refractivity contribution in [1.29, 1.82) is 0 Å². The molecule has 30 heavy (non-hydrogen) atoms. The number of hydrogen-bond acceptors (Lipinski definition) is 2. The fourth-order valence-corrected chi connectivity index (χ4v) is 7.07. The second kappa shape index (κ2) is 7.44. The van der Waals surface area contributed by atoms with Crippen molar-refractivity contribution in [3.8, 4) is 0 Å². The molecule has 0 saturated carbocycles. The lowest BCUT2D eigenvalue weighted by atomic mass is 9.66. The largest absolute Gasteiger partial charge is 0.264 e. The molecule has 1 aliphatic rings. The minimum atomic E-state index is -3.58. The Morgan fingerprint density at radius 2 is 1.47 bits per heavy atom. The summed E-state index contributed by atoms with van der Waals surface area (Å²) in [4.78, 5) is 0. The van der Waals surface area contributed by atoms with Crippen LogP contribution in [0.25, 0.3) is 0 Å². The normalized spacial score (nSPS) is 20.6. The molecule has 0 aliphatic carbocycles. The first-order valence-corrected chi connectivity index (χ1v) is 12.0. The number of para-hydroxylation sites is 1. The summed E-state index contributed by atoms with van der Waals surface area (Å²) in [5.74, 6) is -0.0245. The van der Waals surface area contributed by atoms with Gasteiger partial charge in [-0.1, -0.05) is 79.2 Å². The van der Waals surface area contributed by atoms with Crippen molar-refractivity contribution in [3.05, 3.63) is 101 Å². The van der Waals surface area contributed by atoms with E-state index < -0.39 is 15.6 Å². The Balaban J connectivity index is 1.86. The molecule has 3 aromatic rings. The van der Waals surface area contributed by atoms with Crippen LogP contribution in [0.3, 0.4) is 0 Å². The van der Waals surface area contributed by atoms with Crippen molar-refractivity contribution >= 4 is 27.3 Å². The highest BCUT2D eigenvalue weighted by Gasteiger charge is 2.49. The highest BCUT2D eigenvalue weighted by atomic mass is 35.5. The fraction of sp³-hybridized carbons (Fsp3) is 0.280. The van der Waals surface area contributed by atoms with Gasteiger partial charge in [0.25, 0.3) is 0 Å². The number of halogens is 1. The molecule has 0 N–H and O–H groups in total. The Kier molecular flexibility index (Phi) is 5.19. The van der Waals surface area contributed by atoms with Crippen molar-refractivity contribution in [2.45, 2.75) is 43.9 Å². The first-order chi connectivity index (χ1) is 14.1. The third-order valence-electron chi connectivity index (χ3n) is 6.00. The molecule has 156 valence electrons. The lowest BCUT2D eigenvalue weighted by Gasteiger charge is -2.51. The van der Waals surface area contributed by atoms with E-state index in [1.807, 2.05) is 92.7 Å². The highest BCUT2D eigenvalue weighted by molar-refractivity contribution is 7.92. The van der Waals surface area contributed by atoms with E-state index in [4.69, 9.17) is 11.6 Å². The molecule has 1 aliphatic heterocycles. The van der Waals surface area contributed by atoms with Crippen LogP contribution >= 0.6 is 11.6 Å². The number of nitrogens with zero attached hydrogens (tertiary/aromatic N) is 1. The minimum Gasteiger partial charge on any atom is -0.264 e. The third kappa shape index (κ3) is 3.63. The number of rotatable bonds is 4. The van der Waals surface area contributed by atoms with Gasteiger partial charge < -0.3 is 0 Å². The van der Waals surface area contributed by atoms with Gasteiger partial charge >= 0.3 is 0 Å². The zero-order chi connectivity index (χ0) is 21.6. The molecular formula is C25H26ClNO2S. The monoisotopic (exact) mass is 439 g/mol. The van der Waals surface area contributed by atoms with Gasteiger partial charge in [-0.2, -0.15) is 0 Å². The predicted octanol–water partition coefficient (Wildman–Crippen LogP) is 6.16. The van der Waals surface area contributed by atoms with Crippen LogP contribution in [-0.2, 0) is 21.2 Å². The van der Waals surface area contributed by atoms with Crippen LogP contribution in [0.2, 0.25) is 5.02 Å². The first kappa shape index (κ1) is 21.0. The molecule has 0 fully saturated rings. The summed E-state index contributed by atoms with van der Waals surface area (Å²) in [6.07, 6.45) is 0.659. The maximum absolute atomic E-state index is 13.6. The zero-order valence-electron chi connectivity index (χ0n) is 17.5. The summed E-state index contributed by atoms with van der Waals surface area (Å²) >= 11 is 6.12. The molecule has 0 spiro atoms. The maximum atomic E-state index is 13.6. The Labute approximate surface area is 184 Å². The SMILES string of the molecule is CC1(C)C[C@](C)(c2ccc(Cl)cc2)c2ccccc2N1S(=O)(=O)Cc1ccccc1. The van der Waals surface area contributed by atoms with Gasteiger partial charge in [0.1, 0.15) is 0 Å². The van der Waals surface area contributed by atoms with Gasteiger partial charge in [-0.05, 0) is 55.2 Å². The summed E-state index contributed by atoms with van der Waals surface area (Å²) in [6, 6.07) is 25.1. The molecule has 3 nitrogen and oxygen atoms in total. The summed E-state index contributed by atoms with van der Waals surface area (Å²) < 4.78 is 28.9. The van der Waals surface area contributed by atoms with Crippen molar-refractivity contribution in [2.75, 3.05) is 4.31 Å². The molecule has 0 radical (unpaired) electrons. The number of hydrogen-bond donors (Lipinski definition) is 0. The maximum Gasteiger partial charge on any atom is 0.239 e. The average Bonchev–Trinajstić information content (AvgIpc) is 2.68. The van der Waals surface area contributed by atoms with Crippen molar-refractivity contribution in [3.63, 3.8) is 0 Å². The third-order valence-corrected chi connectivity index (χ3v) is 8.20. The van der Waals surface area contributed by atoms with Crippen LogP contribution in [0.15, 0.2) is 78.9 Å². The van der Waals surface area contributed by atoms with E-state index in [1.54, 1.807) is 4.31 Å². The van der Waals surface area contributed by atoms with E-state index in [0.29, 0.717) is 11.4 Å². The number of fused-ring (bicyclic) bond motifs is 1. The lowest BCUT2D eigenvalue weighted by Crippen LogP contribution is -2.56. The van der Waals surface area contributed by atoms with Gasteiger partial charge in [-0.25, -0.2) is 8.42 Å². The molecular weight excluding hydrogens is 414 g/mol. The minimum absolute atomic E-state index is 0.0245. The van der Waals surface area contributed by atoms with Gasteiger partial charge in [0.15, 0.2) is 0 Å².